The van der Waals surface area contributed by atoms with Gasteiger partial charge in [-0.05, 0) is 69.1 Å². The van der Waals surface area contributed by atoms with E-state index in [1.807, 2.05) is 0 Å². The van der Waals surface area contributed by atoms with E-state index in [-0.39, 0.29) is 24.9 Å². The summed E-state index contributed by atoms with van der Waals surface area (Å²) in [6, 6.07) is 0. The van der Waals surface area contributed by atoms with E-state index in [4.69, 9.17) is 48.0 Å². The predicted molar refractivity (Wildman–Crippen MR) is 177 cm³/mol. The van der Waals surface area contributed by atoms with Gasteiger partial charge in [-0.2, -0.15) is 19.6 Å². The monoisotopic (exact) mass is 768 g/mol. The normalized spacial score (nSPS) is 37.9. The van der Waals surface area contributed by atoms with Crippen molar-refractivity contribution in [1.82, 2.24) is 10.6 Å². The molecule has 2 amide bonds. The van der Waals surface area contributed by atoms with Gasteiger partial charge in [0.05, 0.1) is 0 Å². The number of carbonyl (C=O) groups is 6. The molecule has 5 saturated carbocycles. The second-order valence-corrected chi connectivity index (χ2v) is 15.5. The maximum atomic E-state index is 12.8. The Bertz CT molecular complexity index is 1370. The van der Waals surface area contributed by atoms with Crippen LogP contribution >= 0.6 is 0 Å². The van der Waals surface area contributed by atoms with Crippen LogP contribution in [0.25, 0.3) is 0 Å². The van der Waals surface area contributed by atoms with E-state index < -0.39 is 78.9 Å². The Labute approximate surface area is 313 Å². The molecule has 5 atom stereocenters. The molecule has 18 heteroatoms. The van der Waals surface area contributed by atoms with Crippen molar-refractivity contribution in [3.05, 3.63) is 0 Å². The summed E-state index contributed by atoms with van der Waals surface area (Å²) in [5, 5.41) is 5.40. The summed E-state index contributed by atoms with van der Waals surface area (Å²) >= 11 is 0. The average molecular weight is 769 g/mol. The van der Waals surface area contributed by atoms with Gasteiger partial charge in [0.15, 0.2) is 12.2 Å². The summed E-state index contributed by atoms with van der Waals surface area (Å²) in [5.41, 5.74) is 0. The van der Waals surface area contributed by atoms with Crippen LogP contribution in [0.4, 0.5) is 4.79 Å². The minimum absolute atomic E-state index is 0.0928. The molecule has 2 N–H and O–H groups in total. The van der Waals surface area contributed by atoms with Crippen LogP contribution in [0.5, 0.6) is 0 Å². The van der Waals surface area contributed by atoms with E-state index in [1.165, 1.54) is 6.42 Å². The largest absolute Gasteiger partial charge is 0.463 e. The smallest absolute Gasteiger partial charge is 0.409 e. The molecule has 302 valence electrons. The van der Waals surface area contributed by atoms with Gasteiger partial charge in [-0.25, -0.2) is 4.79 Å². The zero-order valence-electron chi connectivity index (χ0n) is 31.2. The van der Waals surface area contributed by atoms with Crippen molar-refractivity contribution in [2.75, 3.05) is 19.7 Å². The lowest BCUT2D eigenvalue weighted by molar-refractivity contribution is -0.680. The molecule has 0 aromatic heterocycles. The number of ether oxygens (including phenoxy) is 6. The van der Waals surface area contributed by atoms with Crippen LogP contribution in [0.1, 0.15) is 98.3 Å². The molecular weight excluding hydrogens is 716 g/mol. The molecule has 54 heavy (non-hydrogen) atoms. The molecule has 0 unspecified atom stereocenters. The van der Waals surface area contributed by atoms with E-state index in [0.717, 1.165) is 65.2 Å². The van der Waals surface area contributed by atoms with Gasteiger partial charge in [0.1, 0.15) is 12.7 Å². The third-order valence-electron chi connectivity index (χ3n) is 11.4. The van der Waals surface area contributed by atoms with E-state index in [2.05, 4.69) is 10.6 Å². The van der Waals surface area contributed by atoms with Gasteiger partial charge in [0, 0.05) is 71.9 Å². The lowest BCUT2D eigenvalue weighted by Crippen LogP contribution is -2.64. The Kier molecular flexibility index (Phi) is 12.7. The zero-order valence-corrected chi connectivity index (χ0v) is 31.2. The lowest BCUT2D eigenvalue weighted by Gasteiger charge is -2.60. The number of rotatable bonds is 12. The van der Waals surface area contributed by atoms with Gasteiger partial charge in [0.25, 0.3) is 0 Å². The Morgan fingerprint density at radius 2 is 1.20 bits per heavy atom. The topological polar surface area (TPSA) is 219 Å². The fourth-order valence-electron chi connectivity index (χ4n) is 9.18. The van der Waals surface area contributed by atoms with Crippen molar-refractivity contribution in [3.8, 4) is 0 Å². The molecule has 0 aromatic carbocycles. The summed E-state index contributed by atoms with van der Waals surface area (Å²) in [6.07, 6.45) is 0.594. The highest BCUT2D eigenvalue weighted by Gasteiger charge is 2.65. The van der Waals surface area contributed by atoms with Crippen molar-refractivity contribution in [2.45, 2.75) is 141 Å². The quantitative estimate of drug-likeness (QED) is 0.126. The summed E-state index contributed by atoms with van der Waals surface area (Å²) in [4.78, 5) is 97.2. The van der Waals surface area contributed by atoms with Crippen LogP contribution < -0.4 is 10.6 Å². The summed E-state index contributed by atoms with van der Waals surface area (Å²) in [7, 11) is 0. The first-order valence-electron chi connectivity index (χ1n) is 19.0. The van der Waals surface area contributed by atoms with Crippen LogP contribution in [-0.4, -0.2) is 97.9 Å². The third-order valence-corrected chi connectivity index (χ3v) is 11.4. The Balaban J connectivity index is 0.912. The number of carbonyl (C=O) groups excluding carboxylic acids is 6. The maximum Gasteiger partial charge on any atom is 0.409 e. The third kappa shape index (κ3) is 9.44. The number of amides is 2. The zero-order chi connectivity index (χ0) is 38.6. The lowest BCUT2D eigenvalue weighted by atomic mass is 9.53. The summed E-state index contributed by atoms with van der Waals surface area (Å²) in [6.45, 7) is 4.30. The number of hydrogen-bond acceptors (Lipinski definition) is 16. The standard InChI is InChI=1S/C36H52N2O16/c1-19(39)45-18-28-30(46-20(2)40)31(47-21(3)41)32(48-22(4)42)33(49-28)50-34(44)38-11-5-10-37-29(43)17-23-6-8-35(9-7-23)51-53-36(54-52-35)26-13-24-12-25(15-26)16-27(36)14-24/h23-28,30-33H,5-18H2,1-4H3,(H,37,43)(H,38,44)/t23?,24?,25?,26?,27?,28-,30-,31+,32-,33+,35?,36?/m1/s1. The first kappa shape index (κ1) is 40.1. The van der Waals surface area contributed by atoms with Crippen LogP contribution in [0.2, 0.25) is 0 Å². The van der Waals surface area contributed by atoms with Gasteiger partial charge >= 0.3 is 30.0 Å². The second-order valence-electron chi connectivity index (χ2n) is 15.5. The molecule has 7 rings (SSSR count). The highest BCUT2D eigenvalue weighted by atomic mass is 17.4. The second kappa shape index (κ2) is 17.1. The van der Waals surface area contributed by atoms with Crippen LogP contribution in [0, 0.1) is 29.6 Å². The van der Waals surface area contributed by atoms with Gasteiger partial charge in [-0.3, -0.25) is 24.0 Å². The van der Waals surface area contributed by atoms with Crippen LogP contribution in [-0.2, 0) is 71.9 Å². The molecule has 7 aliphatic rings. The molecule has 7 fully saturated rings. The van der Waals surface area contributed by atoms with E-state index in [9.17, 15) is 28.8 Å². The Hall–Kier alpha value is -3.58. The SMILES string of the molecule is CC(=O)OC[C@H]1O[C@@H](OC(=O)NCCCNC(=O)CC2CCC3(CC2)OOC2(OO3)C3CC4CC(C3)CC2C4)[C@H](OC(C)=O)[C@@H](OC(C)=O)[C@@H]1OC(C)=O. The average Bonchev–Trinajstić information content (AvgIpc) is 3.10. The highest BCUT2D eigenvalue weighted by Crippen LogP contribution is 2.62. The molecular formula is C36H52N2O16. The minimum Gasteiger partial charge on any atom is -0.463 e. The highest BCUT2D eigenvalue weighted by molar-refractivity contribution is 5.76. The van der Waals surface area contributed by atoms with Gasteiger partial charge in [-0.1, -0.05) is 0 Å². The van der Waals surface area contributed by atoms with Crippen molar-refractivity contribution < 1.29 is 76.7 Å². The minimum atomic E-state index is -1.65. The fourth-order valence-corrected chi connectivity index (χ4v) is 9.18. The molecule has 2 heterocycles. The van der Waals surface area contributed by atoms with Crippen molar-refractivity contribution in [2.24, 2.45) is 29.6 Å². The Morgan fingerprint density at radius 3 is 1.78 bits per heavy atom. The molecule has 5 aliphatic carbocycles. The van der Waals surface area contributed by atoms with E-state index in [0.29, 0.717) is 50.4 Å². The molecule has 0 radical (unpaired) electrons. The predicted octanol–water partition coefficient (Wildman–Crippen LogP) is 2.64. The number of nitrogens with one attached hydrogen (secondary N) is 2. The molecule has 2 saturated heterocycles. The molecule has 0 aromatic rings. The first-order chi connectivity index (χ1) is 25.7. The van der Waals surface area contributed by atoms with Gasteiger partial charge in [-0.15, -0.1) is 0 Å². The van der Waals surface area contributed by atoms with Gasteiger partial charge < -0.3 is 39.1 Å². The summed E-state index contributed by atoms with van der Waals surface area (Å²) < 4.78 is 32.1. The number of alkyl carbamates (subject to hydrolysis) is 1. The molecule has 4 bridgehead atoms. The molecule has 18 nitrogen and oxygen atoms in total. The summed E-state index contributed by atoms with van der Waals surface area (Å²) in [5.74, 6) is -2.75. The fraction of sp³-hybridized carbons (Fsp3) is 0.833. The first-order valence-corrected chi connectivity index (χ1v) is 19.0. The molecule has 2 aliphatic heterocycles. The van der Waals surface area contributed by atoms with Crippen molar-refractivity contribution in [3.63, 3.8) is 0 Å². The van der Waals surface area contributed by atoms with E-state index >= 15 is 0 Å². The Morgan fingerprint density at radius 1 is 0.648 bits per heavy atom. The van der Waals surface area contributed by atoms with Gasteiger partial charge in [0.2, 0.25) is 29.9 Å². The number of hydrogen-bond donors (Lipinski definition) is 2. The van der Waals surface area contributed by atoms with E-state index in [1.54, 1.807) is 0 Å². The molecule has 2 spiro atoms. The van der Waals surface area contributed by atoms with Crippen LogP contribution in [0.3, 0.4) is 0 Å². The number of esters is 4. The maximum absolute atomic E-state index is 12.8. The van der Waals surface area contributed by atoms with Crippen molar-refractivity contribution >= 4 is 35.9 Å². The van der Waals surface area contributed by atoms with Crippen LogP contribution in [0.15, 0.2) is 0 Å². The van der Waals surface area contributed by atoms with Crippen molar-refractivity contribution in [1.29, 1.82) is 0 Å².